The standard InChI is InChI=1S/C19H37N3O11S/c20-22-21-2-4-28-6-8-30-11-13-32-15-17-34(25,26)18-16-33-14-12-31-10-9-29-7-5-27-3-1-19(23)24/h1-18H2,(H,23,24). The van der Waals surface area contributed by atoms with Crippen molar-refractivity contribution in [1.29, 1.82) is 0 Å². The van der Waals surface area contributed by atoms with Crippen LogP contribution >= 0.6 is 0 Å². The molecular formula is C19H37N3O11S. The number of carboxylic acids is 1. The fourth-order valence-corrected chi connectivity index (χ4v) is 3.03. The molecule has 0 saturated heterocycles. The number of hydrogen-bond acceptors (Lipinski definition) is 11. The van der Waals surface area contributed by atoms with E-state index in [0.717, 1.165) is 0 Å². The van der Waals surface area contributed by atoms with Gasteiger partial charge in [-0.15, -0.1) is 0 Å². The maximum Gasteiger partial charge on any atom is 0.305 e. The van der Waals surface area contributed by atoms with Gasteiger partial charge in [0.25, 0.3) is 0 Å². The summed E-state index contributed by atoms with van der Waals surface area (Å²) in [6.07, 6.45) is -0.0330. The van der Waals surface area contributed by atoms with Crippen LogP contribution in [0.3, 0.4) is 0 Å². The first-order valence-electron chi connectivity index (χ1n) is 10.9. The molecule has 0 saturated carbocycles. The minimum absolute atomic E-state index is 0.0330. The lowest BCUT2D eigenvalue weighted by molar-refractivity contribution is -0.138. The van der Waals surface area contributed by atoms with Gasteiger partial charge in [-0.05, 0) is 5.53 Å². The Morgan fingerprint density at radius 3 is 1.38 bits per heavy atom. The van der Waals surface area contributed by atoms with E-state index in [-0.39, 0.29) is 57.5 Å². The molecule has 0 fully saturated rings. The van der Waals surface area contributed by atoms with E-state index in [1.54, 1.807) is 0 Å². The minimum Gasteiger partial charge on any atom is -0.481 e. The van der Waals surface area contributed by atoms with E-state index in [2.05, 4.69) is 10.0 Å². The van der Waals surface area contributed by atoms with Gasteiger partial charge in [0.1, 0.15) is 0 Å². The van der Waals surface area contributed by atoms with Crippen LogP contribution in [0.1, 0.15) is 6.42 Å². The molecule has 0 radical (unpaired) electrons. The smallest absolute Gasteiger partial charge is 0.305 e. The number of ether oxygens (including phenoxy) is 7. The summed E-state index contributed by atoms with van der Waals surface area (Å²) in [5.41, 5.74) is 8.10. The first-order valence-corrected chi connectivity index (χ1v) is 12.8. The van der Waals surface area contributed by atoms with Gasteiger partial charge < -0.3 is 38.3 Å². The lowest BCUT2D eigenvalue weighted by atomic mass is 10.5. The Hall–Kier alpha value is -1.55. The van der Waals surface area contributed by atoms with Crippen molar-refractivity contribution in [3.8, 4) is 0 Å². The van der Waals surface area contributed by atoms with Gasteiger partial charge in [-0.25, -0.2) is 8.42 Å². The number of azide groups is 1. The summed E-state index contributed by atoms with van der Waals surface area (Å²) in [6, 6.07) is 0. The quantitative estimate of drug-likeness (QED) is 0.0686. The SMILES string of the molecule is [N-]=[N+]=NCCOCCOCCOCCS(=O)(=O)CCOCCOCCOCCOCCC(=O)O. The van der Waals surface area contributed by atoms with E-state index >= 15 is 0 Å². The first kappa shape index (κ1) is 32.5. The maximum absolute atomic E-state index is 11.9. The number of sulfone groups is 1. The molecule has 200 valence electrons. The Labute approximate surface area is 200 Å². The Morgan fingerprint density at radius 1 is 0.647 bits per heavy atom. The summed E-state index contributed by atoms with van der Waals surface area (Å²) in [4.78, 5) is 12.9. The highest BCUT2D eigenvalue weighted by Gasteiger charge is 2.10. The van der Waals surface area contributed by atoms with Gasteiger partial charge in [0.05, 0.1) is 110 Å². The molecule has 34 heavy (non-hydrogen) atoms. The predicted octanol–water partition coefficient (Wildman–Crippen LogP) is 0.302. The zero-order valence-corrected chi connectivity index (χ0v) is 20.3. The molecule has 0 atom stereocenters. The van der Waals surface area contributed by atoms with Crippen molar-refractivity contribution < 1.29 is 51.5 Å². The van der Waals surface area contributed by atoms with Crippen LogP contribution in [0.15, 0.2) is 5.11 Å². The topological polar surface area (TPSA) is 185 Å². The highest BCUT2D eigenvalue weighted by atomic mass is 32.2. The van der Waals surface area contributed by atoms with E-state index in [9.17, 15) is 13.2 Å². The van der Waals surface area contributed by atoms with E-state index in [0.29, 0.717) is 59.5 Å². The van der Waals surface area contributed by atoms with Crippen LogP contribution in [0.25, 0.3) is 10.4 Å². The number of carbonyl (C=O) groups is 1. The summed E-state index contributed by atoms with van der Waals surface area (Å²) >= 11 is 0. The van der Waals surface area contributed by atoms with Crippen molar-refractivity contribution in [2.24, 2.45) is 5.11 Å². The zero-order valence-electron chi connectivity index (χ0n) is 19.5. The fourth-order valence-electron chi connectivity index (χ4n) is 2.09. The fraction of sp³-hybridized carbons (Fsp3) is 0.947. The van der Waals surface area contributed by atoms with Gasteiger partial charge >= 0.3 is 5.97 Å². The van der Waals surface area contributed by atoms with Crippen molar-refractivity contribution in [2.45, 2.75) is 6.42 Å². The number of rotatable bonds is 27. The molecular weight excluding hydrogens is 478 g/mol. The first-order chi connectivity index (χ1) is 16.5. The van der Waals surface area contributed by atoms with Gasteiger partial charge in [0.15, 0.2) is 9.84 Å². The molecule has 0 aromatic heterocycles. The monoisotopic (exact) mass is 515 g/mol. The van der Waals surface area contributed by atoms with Gasteiger partial charge in [0, 0.05) is 11.5 Å². The largest absolute Gasteiger partial charge is 0.481 e. The van der Waals surface area contributed by atoms with Crippen LogP contribution in [0.2, 0.25) is 0 Å². The summed E-state index contributed by atoms with van der Waals surface area (Å²) in [5.74, 6) is -1.08. The summed E-state index contributed by atoms with van der Waals surface area (Å²) in [7, 11) is -3.26. The number of hydrogen-bond donors (Lipinski definition) is 1. The third kappa shape index (κ3) is 26.7. The minimum atomic E-state index is -3.26. The van der Waals surface area contributed by atoms with Gasteiger partial charge in [-0.2, -0.15) is 0 Å². The molecule has 15 heteroatoms. The van der Waals surface area contributed by atoms with Gasteiger partial charge in [0.2, 0.25) is 0 Å². The van der Waals surface area contributed by atoms with Gasteiger partial charge in [-0.1, -0.05) is 5.11 Å². The number of aliphatic carboxylic acids is 1. The zero-order chi connectivity index (χ0) is 25.2. The average Bonchev–Trinajstić information content (AvgIpc) is 2.79. The van der Waals surface area contributed by atoms with Crippen LogP contribution in [-0.2, 0) is 47.8 Å². The molecule has 0 rings (SSSR count). The van der Waals surface area contributed by atoms with Crippen molar-refractivity contribution in [2.75, 3.05) is 111 Å². The van der Waals surface area contributed by atoms with E-state index in [1.807, 2.05) is 0 Å². The highest BCUT2D eigenvalue weighted by Crippen LogP contribution is 1.93. The Morgan fingerprint density at radius 2 is 1.00 bits per heavy atom. The second-order valence-electron chi connectivity index (χ2n) is 6.54. The maximum atomic E-state index is 11.9. The van der Waals surface area contributed by atoms with E-state index < -0.39 is 15.8 Å². The van der Waals surface area contributed by atoms with E-state index in [1.165, 1.54) is 0 Å². The lowest BCUT2D eigenvalue weighted by Gasteiger charge is -2.08. The summed E-state index contributed by atoms with van der Waals surface area (Å²) < 4.78 is 60.4. The molecule has 0 heterocycles. The van der Waals surface area contributed by atoms with Crippen LogP contribution < -0.4 is 0 Å². The number of nitrogens with zero attached hydrogens (tertiary/aromatic N) is 3. The predicted molar refractivity (Wildman–Crippen MR) is 121 cm³/mol. The molecule has 0 aromatic carbocycles. The van der Waals surface area contributed by atoms with Crippen molar-refractivity contribution >= 4 is 15.8 Å². The van der Waals surface area contributed by atoms with Gasteiger partial charge in [-0.3, -0.25) is 4.79 Å². The molecule has 1 N–H and O–H groups in total. The second-order valence-corrected chi connectivity index (χ2v) is 8.84. The highest BCUT2D eigenvalue weighted by molar-refractivity contribution is 7.91. The van der Waals surface area contributed by atoms with Crippen LogP contribution in [-0.4, -0.2) is 130 Å². The normalized spacial score (nSPS) is 11.4. The molecule has 0 unspecified atom stereocenters. The van der Waals surface area contributed by atoms with Crippen molar-refractivity contribution in [3.05, 3.63) is 10.4 Å². The Kier molecular flexibility index (Phi) is 23.5. The lowest BCUT2D eigenvalue weighted by Crippen LogP contribution is -2.21. The average molecular weight is 516 g/mol. The molecule has 14 nitrogen and oxygen atoms in total. The van der Waals surface area contributed by atoms with Crippen LogP contribution in [0, 0.1) is 0 Å². The molecule has 0 aliphatic heterocycles. The second kappa shape index (κ2) is 24.6. The Balaban J connectivity index is 3.33. The van der Waals surface area contributed by atoms with Crippen LogP contribution in [0.5, 0.6) is 0 Å². The molecule has 0 aliphatic rings. The number of carboxylic acid groups (broad SMARTS) is 1. The Bertz CT molecular complexity index is 631. The third-order valence-electron chi connectivity index (χ3n) is 3.80. The van der Waals surface area contributed by atoms with Crippen LogP contribution in [0.4, 0.5) is 0 Å². The molecule has 0 aliphatic carbocycles. The summed E-state index contributed by atoms with van der Waals surface area (Å²) in [5, 5.41) is 11.8. The van der Waals surface area contributed by atoms with Crippen molar-refractivity contribution in [1.82, 2.24) is 0 Å². The molecule has 0 aromatic rings. The molecule has 0 spiro atoms. The third-order valence-corrected chi connectivity index (χ3v) is 5.37. The van der Waals surface area contributed by atoms with Crippen molar-refractivity contribution in [3.63, 3.8) is 0 Å². The van der Waals surface area contributed by atoms with E-state index in [4.69, 9.17) is 43.8 Å². The molecule has 0 bridgehead atoms. The molecule has 0 amide bonds. The summed E-state index contributed by atoms with van der Waals surface area (Å²) in [6.45, 7) is 4.30.